The third kappa shape index (κ3) is 0.586. The van der Waals surface area contributed by atoms with Crippen molar-refractivity contribution in [2.24, 2.45) is 4.99 Å². The number of aliphatic imine (C=N–C) groups is 1. The van der Waals surface area contributed by atoms with Gasteiger partial charge in [-0.05, 0) is 0 Å². The van der Waals surface area contributed by atoms with Crippen LogP contribution in [0.15, 0.2) is 17.4 Å². The molecule has 0 saturated carbocycles. The first-order valence-corrected chi connectivity index (χ1v) is 2.96. The highest BCUT2D eigenvalue weighted by Crippen LogP contribution is 2.02. The number of imidazole rings is 1. The van der Waals surface area contributed by atoms with E-state index in [0.29, 0.717) is 12.4 Å². The van der Waals surface area contributed by atoms with E-state index in [4.69, 9.17) is 0 Å². The molecule has 0 aromatic carbocycles. The predicted octanol–water partition coefficient (Wildman–Crippen LogP) is 0.108. The Morgan fingerprint density at radius 3 is 3.30 bits per heavy atom. The van der Waals surface area contributed by atoms with Gasteiger partial charge in [-0.15, -0.1) is 0 Å². The zero-order chi connectivity index (χ0) is 6.97. The largest absolute Gasteiger partial charge is 0.321 e. The van der Waals surface area contributed by atoms with E-state index in [0.717, 1.165) is 0 Å². The minimum absolute atomic E-state index is 0.253. The van der Waals surface area contributed by atoms with Gasteiger partial charge in [0.1, 0.15) is 0 Å². The van der Waals surface area contributed by atoms with E-state index in [1.54, 1.807) is 23.2 Å². The highest BCUT2D eigenvalue weighted by Gasteiger charge is 2.13. The molecule has 2 rings (SSSR count). The van der Waals surface area contributed by atoms with Crippen LogP contribution >= 0.6 is 0 Å². The van der Waals surface area contributed by atoms with Gasteiger partial charge in [0.25, 0.3) is 0 Å². The van der Waals surface area contributed by atoms with Crippen molar-refractivity contribution < 1.29 is 4.79 Å². The molecule has 0 radical (unpaired) electrons. The lowest BCUT2D eigenvalue weighted by atomic mass is 10.5. The number of hydrogen-bond acceptors (Lipinski definition) is 2. The molecule has 1 aromatic rings. The molecule has 0 bridgehead atoms. The molecule has 0 aliphatic carbocycles. The molecule has 0 atom stereocenters. The topological polar surface area (TPSA) is 47.2 Å². The standard InChI is InChI=1S/C6H5N3O/c10-6-5-7-1-3-9(5)4-2-8-6/h1-3H,4H2. The summed E-state index contributed by atoms with van der Waals surface area (Å²) in [5, 5.41) is 0. The Hall–Kier alpha value is -1.45. The van der Waals surface area contributed by atoms with Crippen LogP contribution in [-0.2, 0) is 6.54 Å². The molecule has 2 heterocycles. The zero-order valence-electron chi connectivity index (χ0n) is 5.19. The lowest BCUT2D eigenvalue weighted by molar-refractivity contribution is 0.0986. The Kier molecular flexibility index (Phi) is 0.943. The summed E-state index contributed by atoms with van der Waals surface area (Å²) in [6.07, 6.45) is 4.94. The molecule has 1 amide bonds. The highest BCUT2D eigenvalue weighted by molar-refractivity contribution is 5.98. The Morgan fingerprint density at radius 2 is 2.50 bits per heavy atom. The van der Waals surface area contributed by atoms with Gasteiger partial charge in [-0.2, -0.15) is 0 Å². The first-order valence-electron chi connectivity index (χ1n) is 2.96. The minimum atomic E-state index is -0.253. The second-order valence-corrected chi connectivity index (χ2v) is 2.02. The fourth-order valence-corrected chi connectivity index (χ4v) is 0.924. The first-order chi connectivity index (χ1) is 4.88. The number of rotatable bonds is 0. The van der Waals surface area contributed by atoms with E-state index < -0.39 is 0 Å². The average molecular weight is 135 g/mol. The van der Waals surface area contributed by atoms with E-state index in [1.807, 2.05) is 0 Å². The monoisotopic (exact) mass is 135 g/mol. The summed E-state index contributed by atoms with van der Waals surface area (Å²) in [4.78, 5) is 18.3. The van der Waals surface area contributed by atoms with Crippen molar-refractivity contribution in [3.05, 3.63) is 18.2 Å². The second kappa shape index (κ2) is 1.76. The number of amides is 1. The van der Waals surface area contributed by atoms with E-state index in [2.05, 4.69) is 9.98 Å². The normalized spacial score (nSPS) is 15.4. The molecular weight excluding hydrogens is 130 g/mol. The van der Waals surface area contributed by atoms with Crippen LogP contribution in [0.2, 0.25) is 0 Å². The van der Waals surface area contributed by atoms with Crippen LogP contribution < -0.4 is 0 Å². The molecule has 0 unspecified atom stereocenters. The molecule has 50 valence electrons. The number of aromatic nitrogens is 2. The third-order valence-corrected chi connectivity index (χ3v) is 1.39. The summed E-state index contributed by atoms with van der Waals surface area (Å²) in [6.45, 7) is 0.654. The Balaban J connectivity index is 2.58. The Morgan fingerprint density at radius 1 is 1.60 bits per heavy atom. The lowest BCUT2D eigenvalue weighted by Crippen LogP contribution is -2.14. The molecular formula is C6H5N3O. The maximum absolute atomic E-state index is 10.9. The lowest BCUT2D eigenvalue weighted by Gasteiger charge is -2.04. The summed E-state index contributed by atoms with van der Waals surface area (Å²) in [5.74, 6) is 0.179. The maximum atomic E-state index is 10.9. The van der Waals surface area contributed by atoms with Crippen LogP contribution in [0.3, 0.4) is 0 Å². The SMILES string of the molecule is O=C1N=CCn2ccnc21. The highest BCUT2D eigenvalue weighted by atomic mass is 16.1. The van der Waals surface area contributed by atoms with Crippen LogP contribution in [0.5, 0.6) is 0 Å². The number of carbonyl (C=O) groups is 1. The smallest absolute Gasteiger partial charge is 0.312 e. The number of nitrogens with zero attached hydrogens (tertiary/aromatic N) is 3. The summed E-state index contributed by atoms with van der Waals surface area (Å²) in [7, 11) is 0. The molecule has 4 heteroatoms. The third-order valence-electron chi connectivity index (χ3n) is 1.39. The number of fused-ring (bicyclic) bond motifs is 1. The van der Waals surface area contributed by atoms with Gasteiger partial charge in [0, 0.05) is 18.6 Å². The molecule has 4 nitrogen and oxygen atoms in total. The predicted molar refractivity (Wildman–Crippen MR) is 35.0 cm³/mol. The van der Waals surface area contributed by atoms with Crippen LogP contribution in [0, 0.1) is 0 Å². The Bertz CT molecular complexity index is 300. The molecule has 10 heavy (non-hydrogen) atoms. The number of hydrogen-bond donors (Lipinski definition) is 0. The van der Waals surface area contributed by atoms with Gasteiger partial charge < -0.3 is 4.57 Å². The second-order valence-electron chi connectivity index (χ2n) is 2.02. The summed E-state index contributed by atoms with van der Waals surface area (Å²) >= 11 is 0. The summed E-state index contributed by atoms with van der Waals surface area (Å²) in [5.41, 5.74) is 0. The first kappa shape index (κ1) is 5.34. The van der Waals surface area contributed by atoms with Crippen molar-refractivity contribution in [2.75, 3.05) is 0 Å². The van der Waals surface area contributed by atoms with Gasteiger partial charge in [-0.25, -0.2) is 9.98 Å². The van der Waals surface area contributed by atoms with Crippen molar-refractivity contribution in [1.82, 2.24) is 9.55 Å². The fourth-order valence-electron chi connectivity index (χ4n) is 0.924. The summed E-state index contributed by atoms with van der Waals surface area (Å²) in [6, 6.07) is 0. The van der Waals surface area contributed by atoms with E-state index in [-0.39, 0.29) is 5.91 Å². The molecule has 0 spiro atoms. The van der Waals surface area contributed by atoms with Gasteiger partial charge in [-0.3, -0.25) is 4.79 Å². The molecule has 1 aliphatic heterocycles. The van der Waals surface area contributed by atoms with E-state index >= 15 is 0 Å². The van der Waals surface area contributed by atoms with Gasteiger partial charge in [0.05, 0.1) is 6.54 Å². The quantitative estimate of drug-likeness (QED) is 0.506. The molecule has 1 aliphatic rings. The van der Waals surface area contributed by atoms with Crippen molar-refractivity contribution in [3.8, 4) is 0 Å². The van der Waals surface area contributed by atoms with Crippen LogP contribution in [0.25, 0.3) is 0 Å². The zero-order valence-corrected chi connectivity index (χ0v) is 5.19. The van der Waals surface area contributed by atoms with Gasteiger partial charge in [0.2, 0.25) is 5.82 Å². The Labute approximate surface area is 57.2 Å². The fraction of sp³-hybridized carbons (Fsp3) is 0.167. The van der Waals surface area contributed by atoms with Crippen LogP contribution in [-0.4, -0.2) is 21.7 Å². The molecule has 1 aromatic heterocycles. The van der Waals surface area contributed by atoms with E-state index in [1.165, 1.54) is 0 Å². The van der Waals surface area contributed by atoms with Crippen molar-refractivity contribution in [2.45, 2.75) is 6.54 Å². The molecule has 0 N–H and O–H groups in total. The van der Waals surface area contributed by atoms with Gasteiger partial charge >= 0.3 is 5.91 Å². The molecule has 0 fully saturated rings. The van der Waals surface area contributed by atoms with Crippen LogP contribution in [0.4, 0.5) is 0 Å². The van der Waals surface area contributed by atoms with Crippen molar-refractivity contribution in [3.63, 3.8) is 0 Å². The van der Waals surface area contributed by atoms with E-state index in [9.17, 15) is 4.79 Å². The van der Waals surface area contributed by atoms with Crippen molar-refractivity contribution >= 4 is 12.1 Å². The molecule has 0 saturated heterocycles. The van der Waals surface area contributed by atoms with Gasteiger partial charge in [0.15, 0.2) is 0 Å². The summed E-state index contributed by atoms with van der Waals surface area (Å²) < 4.78 is 1.76. The van der Waals surface area contributed by atoms with Gasteiger partial charge in [-0.1, -0.05) is 0 Å². The minimum Gasteiger partial charge on any atom is -0.321 e. The van der Waals surface area contributed by atoms with Crippen molar-refractivity contribution in [1.29, 1.82) is 0 Å². The average Bonchev–Trinajstić information content (AvgIpc) is 2.36. The van der Waals surface area contributed by atoms with Crippen LogP contribution in [0.1, 0.15) is 10.6 Å². The maximum Gasteiger partial charge on any atom is 0.312 e. The number of carbonyl (C=O) groups excluding carboxylic acids is 1.